The Bertz CT molecular complexity index is 510. The molecule has 3 rings (SSSR count). The molecule has 2 aliphatic carbocycles. The first-order valence-electron chi connectivity index (χ1n) is 8.37. The van der Waals surface area contributed by atoms with Gasteiger partial charge in [-0.2, -0.15) is 0 Å². The standard InChI is InChI=1S/C18H26N2O/c1-3-20(4-2)18(21)15-6-5-7-16(12-15)19-17-11-13-8-9-14(17)10-13/h5-7,12-14,17,19H,3-4,8-11H2,1-2H3. The van der Waals surface area contributed by atoms with E-state index in [1.54, 1.807) is 0 Å². The Hall–Kier alpha value is -1.51. The summed E-state index contributed by atoms with van der Waals surface area (Å²) in [6.45, 7) is 5.58. The normalized spacial score (nSPS) is 26.9. The van der Waals surface area contributed by atoms with Crippen molar-refractivity contribution in [3.8, 4) is 0 Å². The summed E-state index contributed by atoms with van der Waals surface area (Å²) in [5, 5.41) is 3.67. The fraction of sp³-hybridized carbons (Fsp3) is 0.611. The van der Waals surface area contributed by atoms with Gasteiger partial charge in [-0.3, -0.25) is 4.79 Å². The fourth-order valence-corrected chi connectivity index (χ4v) is 4.07. The summed E-state index contributed by atoms with van der Waals surface area (Å²) in [5.41, 5.74) is 1.90. The van der Waals surface area contributed by atoms with Crippen LogP contribution < -0.4 is 5.32 Å². The van der Waals surface area contributed by atoms with E-state index >= 15 is 0 Å². The highest BCUT2D eigenvalue weighted by Crippen LogP contribution is 2.45. The second-order valence-corrected chi connectivity index (χ2v) is 6.48. The lowest BCUT2D eigenvalue weighted by molar-refractivity contribution is 0.0773. The van der Waals surface area contributed by atoms with E-state index in [4.69, 9.17) is 0 Å². The maximum absolute atomic E-state index is 12.4. The van der Waals surface area contributed by atoms with Crippen LogP contribution in [0.15, 0.2) is 24.3 Å². The molecule has 0 spiro atoms. The largest absolute Gasteiger partial charge is 0.382 e. The number of rotatable bonds is 5. The average Bonchev–Trinajstić information content (AvgIpc) is 3.11. The predicted octanol–water partition coefficient (Wildman–Crippen LogP) is 3.77. The van der Waals surface area contributed by atoms with Gasteiger partial charge in [0, 0.05) is 30.4 Å². The summed E-state index contributed by atoms with van der Waals surface area (Å²) in [4.78, 5) is 14.3. The maximum atomic E-state index is 12.4. The summed E-state index contributed by atoms with van der Waals surface area (Å²) in [6.07, 6.45) is 5.50. The molecule has 2 aliphatic rings. The Morgan fingerprint density at radius 3 is 2.67 bits per heavy atom. The zero-order valence-electron chi connectivity index (χ0n) is 13.1. The molecule has 3 unspecified atom stereocenters. The van der Waals surface area contributed by atoms with Crippen LogP contribution in [0.5, 0.6) is 0 Å². The van der Waals surface area contributed by atoms with Crippen molar-refractivity contribution < 1.29 is 4.79 Å². The van der Waals surface area contributed by atoms with Crippen molar-refractivity contribution in [3.05, 3.63) is 29.8 Å². The van der Waals surface area contributed by atoms with Crippen LogP contribution in [-0.2, 0) is 0 Å². The molecule has 2 bridgehead atoms. The van der Waals surface area contributed by atoms with E-state index in [2.05, 4.69) is 11.4 Å². The van der Waals surface area contributed by atoms with Gasteiger partial charge in [-0.05, 0) is 63.1 Å². The fourth-order valence-electron chi connectivity index (χ4n) is 4.07. The molecule has 0 aromatic heterocycles. The molecule has 1 amide bonds. The highest BCUT2D eigenvalue weighted by Gasteiger charge is 2.39. The number of anilines is 1. The lowest BCUT2D eigenvalue weighted by Gasteiger charge is -2.24. The third-order valence-corrected chi connectivity index (χ3v) is 5.25. The molecule has 1 aromatic rings. The Balaban J connectivity index is 1.70. The van der Waals surface area contributed by atoms with Crippen molar-refractivity contribution in [2.45, 2.75) is 45.6 Å². The summed E-state index contributed by atoms with van der Waals surface area (Å²) >= 11 is 0. The Labute approximate surface area is 127 Å². The van der Waals surface area contributed by atoms with Crippen LogP contribution in [0.4, 0.5) is 5.69 Å². The zero-order chi connectivity index (χ0) is 14.8. The van der Waals surface area contributed by atoms with Crippen LogP contribution in [0.25, 0.3) is 0 Å². The molecular weight excluding hydrogens is 260 g/mol. The van der Waals surface area contributed by atoms with Gasteiger partial charge in [0.2, 0.25) is 0 Å². The van der Waals surface area contributed by atoms with Gasteiger partial charge in [0.25, 0.3) is 5.91 Å². The van der Waals surface area contributed by atoms with Crippen molar-refractivity contribution in [2.24, 2.45) is 11.8 Å². The van der Waals surface area contributed by atoms with Crippen molar-refractivity contribution in [1.82, 2.24) is 4.90 Å². The first-order valence-corrected chi connectivity index (χ1v) is 8.37. The zero-order valence-corrected chi connectivity index (χ0v) is 13.1. The van der Waals surface area contributed by atoms with Crippen LogP contribution >= 0.6 is 0 Å². The van der Waals surface area contributed by atoms with Gasteiger partial charge < -0.3 is 10.2 Å². The van der Waals surface area contributed by atoms with E-state index in [0.29, 0.717) is 6.04 Å². The lowest BCUT2D eigenvalue weighted by atomic mass is 9.95. The Kier molecular flexibility index (Phi) is 4.18. The molecule has 0 heterocycles. The molecule has 3 heteroatoms. The number of benzene rings is 1. The van der Waals surface area contributed by atoms with Gasteiger partial charge >= 0.3 is 0 Å². The third kappa shape index (κ3) is 2.92. The van der Waals surface area contributed by atoms with E-state index in [1.807, 2.05) is 36.9 Å². The number of fused-ring (bicyclic) bond motifs is 2. The summed E-state index contributed by atoms with van der Waals surface area (Å²) < 4.78 is 0. The number of hydrogen-bond donors (Lipinski definition) is 1. The molecule has 0 aliphatic heterocycles. The number of nitrogens with one attached hydrogen (secondary N) is 1. The van der Waals surface area contributed by atoms with E-state index in [1.165, 1.54) is 25.7 Å². The average molecular weight is 286 g/mol. The topological polar surface area (TPSA) is 32.3 Å². The number of carbonyl (C=O) groups excluding carboxylic acids is 1. The summed E-state index contributed by atoms with van der Waals surface area (Å²) in [7, 11) is 0. The van der Waals surface area contributed by atoms with E-state index < -0.39 is 0 Å². The van der Waals surface area contributed by atoms with Gasteiger partial charge in [0.05, 0.1) is 0 Å². The molecule has 1 N–H and O–H groups in total. The minimum absolute atomic E-state index is 0.136. The monoisotopic (exact) mass is 286 g/mol. The van der Waals surface area contributed by atoms with E-state index in [-0.39, 0.29) is 5.91 Å². The lowest BCUT2D eigenvalue weighted by Crippen LogP contribution is -2.30. The maximum Gasteiger partial charge on any atom is 0.253 e. The minimum atomic E-state index is 0.136. The first-order chi connectivity index (χ1) is 10.2. The van der Waals surface area contributed by atoms with Crippen LogP contribution in [0.2, 0.25) is 0 Å². The summed E-state index contributed by atoms with van der Waals surface area (Å²) in [6, 6.07) is 8.64. The van der Waals surface area contributed by atoms with E-state index in [9.17, 15) is 4.79 Å². The van der Waals surface area contributed by atoms with Crippen LogP contribution in [0.3, 0.4) is 0 Å². The Morgan fingerprint density at radius 2 is 2.05 bits per heavy atom. The van der Waals surface area contributed by atoms with Gasteiger partial charge in [-0.1, -0.05) is 12.5 Å². The highest BCUT2D eigenvalue weighted by atomic mass is 16.2. The second kappa shape index (κ2) is 6.08. The quantitative estimate of drug-likeness (QED) is 0.893. The molecule has 1 aromatic carbocycles. The molecule has 2 fully saturated rings. The van der Waals surface area contributed by atoms with Gasteiger partial charge in [-0.25, -0.2) is 0 Å². The van der Waals surface area contributed by atoms with E-state index in [0.717, 1.165) is 36.2 Å². The van der Waals surface area contributed by atoms with Crippen LogP contribution in [0.1, 0.15) is 49.9 Å². The number of hydrogen-bond acceptors (Lipinski definition) is 2. The van der Waals surface area contributed by atoms with Crippen molar-refractivity contribution >= 4 is 11.6 Å². The van der Waals surface area contributed by atoms with Crippen LogP contribution in [0, 0.1) is 11.8 Å². The van der Waals surface area contributed by atoms with Crippen molar-refractivity contribution in [3.63, 3.8) is 0 Å². The van der Waals surface area contributed by atoms with Crippen molar-refractivity contribution in [1.29, 1.82) is 0 Å². The third-order valence-electron chi connectivity index (χ3n) is 5.25. The molecule has 0 radical (unpaired) electrons. The van der Waals surface area contributed by atoms with Crippen molar-refractivity contribution in [2.75, 3.05) is 18.4 Å². The molecule has 3 atom stereocenters. The summed E-state index contributed by atoms with van der Waals surface area (Å²) in [5.74, 6) is 1.92. The highest BCUT2D eigenvalue weighted by molar-refractivity contribution is 5.95. The molecule has 3 nitrogen and oxygen atoms in total. The SMILES string of the molecule is CCN(CC)C(=O)c1cccc(NC2CC3CCC2C3)c1. The van der Waals surface area contributed by atoms with Gasteiger partial charge in [0.1, 0.15) is 0 Å². The number of amides is 1. The number of carbonyl (C=O) groups is 1. The molecule has 0 saturated heterocycles. The molecule has 114 valence electrons. The van der Waals surface area contributed by atoms with Crippen LogP contribution in [-0.4, -0.2) is 29.9 Å². The molecule has 21 heavy (non-hydrogen) atoms. The van der Waals surface area contributed by atoms with Gasteiger partial charge in [-0.15, -0.1) is 0 Å². The Morgan fingerprint density at radius 1 is 1.24 bits per heavy atom. The van der Waals surface area contributed by atoms with Gasteiger partial charge in [0.15, 0.2) is 0 Å². The molecule has 2 saturated carbocycles. The smallest absolute Gasteiger partial charge is 0.253 e. The minimum Gasteiger partial charge on any atom is -0.382 e. The molecular formula is C18H26N2O. The predicted molar refractivity (Wildman–Crippen MR) is 86.6 cm³/mol. The second-order valence-electron chi connectivity index (χ2n) is 6.48. The first kappa shape index (κ1) is 14.4. The number of nitrogens with zero attached hydrogens (tertiary/aromatic N) is 1.